The number of amides is 1. The van der Waals surface area contributed by atoms with Crippen LogP contribution in [-0.4, -0.2) is 35.0 Å². The first-order valence-corrected chi connectivity index (χ1v) is 6.33. The molecule has 0 aliphatic heterocycles. The molecule has 0 saturated carbocycles. The van der Waals surface area contributed by atoms with Crippen LogP contribution in [-0.2, 0) is 16.1 Å². The largest absolute Gasteiger partial charge is 0.480 e. The SMILES string of the molecule is CC(NC(=O)/C(C#N)=C\N(C)Cc1ccccc1)C(=O)O. The predicted octanol–water partition coefficient (Wildman–Crippen LogP) is 1.12. The third-order valence-corrected chi connectivity index (χ3v) is 2.71. The third-order valence-electron chi connectivity index (χ3n) is 2.71. The number of carboxylic acids is 1. The highest BCUT2D eigenvalue weighted by Gasteiger charge is 2.17. The normalized spacial score (nSPS) is 12.1. The minimum atomic E-state index is -1.15. The summed E-state index contributed by atoms with van der Waals surface area (Å²) in [6.45, 7) is 1.87. The number of benzene rings is 1. The summed E-state index contributed by atoms with van der Waals surface area (Å²) in [4.78, 5) is 24.2. The van der Waals surface area contributed by atoms with Crippen LogP contribution in [0, 0.1) is 11.3 Å². The molecule has 1 amide bonds. The Morgan fingerprint density at radius 3 is 2.57 bits per heavy atom. The van der Waals surface area contributed by atoms with Crippen LogP contribution in [0.2, 0.25) is 0 Å². The Labute approximate surface area is 123 Å². The lowest BCUT2D eigenvalue weighted by molar-refractivity contribution is -0.140. The number of carboxylic acid groups (broad SMARTS) is 1. The molecule has 0 aliphatic carbocycles. The molecule has 0 aliphatic rings. The van der Waals surface area contributed by atoms with E-state index >= 15 is 0 Å². The Kier molecular flexibility index (Phi) is 5.96. The van der Waals surface area contributed by atoms with Crippen LogP contribution in [0.3, 0.4) is 0 Å². The van der Waals surface area contributed by atoms with Gasteiger partial charge in [0.15, 0.2) is 0 Å². The van der Waals surface area contributed by atoms with Crippen LogP contribution in [0.15, 0.2) is 42.1 Å². The number of hydrogen-bond donors (Lipinski definition) is 2. The summed E-state index contributed by atoms with van der Waals surface area (Å²) in [5, 5.41) is 20.0. The van der Waals surface area contributed by atoms with Crippen molar-refractivity contribution < 1.29 is 14.7 Å². The minimum Gasteiger partial charge on any atom is -0.480 e. The number of nitrogens with one attached hydrogen (secondary N) is 1. The molecule has 110 valence electrons. The molecule has 6 nitrogen and oxygen atoms in total. The summed E-state index contributed by atoms with van der Waals surface area (Å²) in [6.07, 6.45) is 1.40. The maximum absolute atomic E-state index is 11.8. The van der Waals surface area contributed by atoms with Gasteiger partial charge in [-0.2, -0.15) is 5.26 Å². The second kappa shape index (κ2) is 7.70. The maximum atomic E-state index is 11.8. The van der Waals surface area contributed by atoms with Gasteiger partial charge in [0.1, 0.15) is 17.7 Å². The Morgan fingerprint density at radius 2 is 2.05 bits per heavy atom. The van der Waals surface area contributed by atoms with Gasteiger partial charge in [-0.1, -0.05) is 30.3 Å². The van der Waals surface area contributed by atoms with E-state index < -0.39 is 17.9 Å². The fourth-order valence-corrected chi connectivity index (χ4v) is 1.61. The van der Waals surface area contributed by atoms with E-state index in [-0.39, 0.29) is 5.57 Å². The molecule has 0 heterocycles. The molecule has 1 atom stereocenters. The zero-order valence-corrected chi connectivity index (χ0v) is 11.9. The second-order valence-electron chi connectivity index (χ2n) is 4.59. The Morgan fingerprint density at radius 1 is 1.43 bits per heavy atom. The molecule has 2 N–H and O–H groups in total. The van der Waals surface area contributed by atoms with Gasteiger partial charge in [0.2, 0.25) is 0 Å². The molecule has 0 bridgehead atoms. The van der Waals surface area contributed by atoms with Gasteiger partial charge in [0.05, 0.1) is 0 Å². The van der Waals surface area contributed by atoms with Crippen molar-refractivity contribution in [1.82, 2.24) is 10.2 Å². The standard InChI is InChI=1S/C15H17N3O3/c1-11(15(20)21)17-14(19)13(8-16)10-18(2)9-12-6-4-3-5-7-12/h3-7,10-11H,9H2,1-2H3,(H,17,19)(H,20,21)/b13-10-. The summed E-state index contributed by atoms with van der Waals surface area (Å²) in [5.74, 6) is -1.86. The topological polar surface area (TPSA) is 93.4 Å². The van der Waals surface area contributed by atoms with Gasteiger partial charge in [0, 0.05) is 19.8 Å². The van der Waals surface area contributed by atoms with Crippen molar-refractivity contribution in [3.63, 3.8) is 0 Å². The highest BCUT2D eigenvalue weighted by molar-refractivity contribution is 5.99. The highest BCUT2D eigenvalue weighted by Crippen LogP contribution is 2.05. The van der Waals surface area contributed by atoms with Gasteiger partial charge in [-0.25, -0.2) is 0 Å². The van der Waals surface area contributed by atoms with Crippen LogP contribution in [0.4, 0.5) is 0 Å². The fourth-order valence-electron chi connectivity index (χ4n) is 1.61. The van der Waals surface area contributed by atoms with Crippen LogP contribution >= 0.6 is 0 Å². The molecule has 1 unspecified atom stereocenters. The van der Waals surface area contributed by atoms with Crippen LogP contribution in [0.5, 0.6) is 0 Å². The first-order chi connectivity index (χ1) is 9.93. The Balaban J connectivity index is 2.72. The Bertz CT molecular complexity index is 576. The van der Waals surface area contributed by atoms with Crippen molar-refractivity contribution in [1.29, 1.82) is 5.26 Å². The van der Waals surface area contributed by atoms with Crippen molar-refractivity contribution in [2.24, 2.45) is 0 Å². The zero-order chi connectivity index (χ0) is 15.8. The number of carbonyl (C=O) groups is 2. The third kappa shape index (κ3) is 5.37. The summed E-state index contributed by atoms with van der Waals surface area (Å²) < 4.78 is 0. The average Bonchev–Trinajstić information content (AvgIpc) is 2.45. The van der Waals surface area contributed by atoms with Crippen molar-refractivity contribution in [3.05, 3.63) is 47.7 Å². The van der Waals surface area contributed by atoms with E-state index in [0.717, 1.165) is 5.56 Å². The van der Waals surface area contributed by atoms with Gasteiger partial charge in [-0.05, 0) is 12.5 Å². The van der Waals surface area contributed by atoms with Crippen LogP contribution in [0.25, 0.3) is 0 Å². The molecule has 1 aromatic rings. The first-order valence-electron chi connectivity index (χ1n) is 6.33. The molecule has 21 heavy (non-hydrogen) atoms. The summed E-state index contributed by atoms with van der Waals surface area (Å²) in [6, 6.07) is 10.3. The van der Waals surface area contributed by atoms with E-state index in [9.17, 15) is 9.59 Å². The average molecular weight is 287 g/mol. The molecule has 0 saturated heterocycles. The molecular formula is C15H17N3O3. The van der Waals surface area contributed by atoms with E-state index in [1.165, 1.54) is 13.1 Å². The summed E-state index contributed by atoms with van der Waals surface area (Å²) >= 11 is 0. The molecule has 6 heteroatoms. The van der Waals surface area contributed by atoms with Gasteiger partial charge < -0.3 is 15.3 Å². The molecular weight excluding hydrogens is 270 g/mol. The molecule has 1 aromatic carbocycles. The summed E-state index contributed by atoms with van der Waals surface area (Å²) in [5.41, 5.74) is 0.898. The molecule has 1 rings (SSSR count). The smallest absolute Gasteiger partial charge is 0.325 e. The number of aliphatic carboxylic acids is 1. The van der Waals surface area contributed by atoms with Crippen molar-refractivity contribution in [3.8, 4) is 6.07 Å². The van der Waals surface area contributed by atoms with E-state index in [0.29, 0.717) is 6.54 Å². The van der Waals surface area contributed by atoms with Crippen molar-refractivity contribution in [2.45, 2.75) is 19.5 Å². The van der Waals surface area contributed by atoms with E-state index in [1.807, 2.05) is 30.3 Å². The van der Waals surface area contributed by atoms with Gasteiger partial charge in [0.25, 0.3) is 5.91 Å². The number of nitrogens with zero attached hydrogens (tertiary/aromatic N) is 2. The summed E-state index contributed by atoms with van der Waals surface area (Å²) in [7, 11) is 1.73. The number of hydrogen-bond acceptors (Lipinski definition) is 4. The predicted molar refractivity (Wildman–Crippen MR) is 76.8 cm³/mol. The highest BCUT2D eigenvalue weighted by atomic mass is 16.4. The van der Waals surface area contributed by atoms with Gasteiger partial charge >= 0.3 is 5.97 Å². The molecule has 0 radical (unpaired) electrons. The quantitative estimate of drug-likeness (QED) is 0.604. The zero-order valence-electron chi connectivity index (χ0n) is 11.9. The van der Waals surface area contributed by atoms with Gasteiger partial charge in [-0.3, -0.25) is 9.59 Å². The van der Waals surface area contributed by atoms with E-state index in [1.54, 1.807) is 18.0 Å². The monoisotopic (exact) mass is 287 g/mol. The fraction of sp³-hybridized carbons (Fsp3) is 0.267. The van der Waals surface area contributed by atoms with E-state index in [2.05, 4.69) is 5.32 Å². The van der Waals surface area contributed by atoms with Crippen LogP contribution < -0.4 is 5.32 Å². The van der Waals surface area contributed by atoms with Crippen molar-refractivity contribution >= 4 is 11.9 Å². The number of rotatable bonds is 6. The molecule has 0 fully saturated rings. The van der Waals surface area contributed by atoms with E-state index in [4.69, 9.17) is 10.4 Å². The number of nitriles is 1. The lowest BCUT2D eigenvalue weighted by atomic mass is 10.2. The minimum absolute atomic E-state index is 0.137. The molecule has 0 spiro atoms. The Hall–Kier alpha value is -2.81. The van der Waals surface area contributed by atoms with Crippen LogP contribution in [0.1, 0.15) is 12.5 Å². The second-order valence-corrected chi connectivity index (χ2v) is 4.59. The lowest BCUT2D eigenvalue weighted by Gasteiger charge is -2.15. The first kappa shape index (κ1) is 16.2. The lowest BCUT2D eigenvalue weighted by Crippen LogP contribution is -2.39. The van der Waals surface area contributed by atoms with Gasteiger partial charge in [-0.15, -0.1) is 0 Å². The van der Waals surface area contributed by atoms with Crippen molar-refractivity contribution in [2.75, 3.05) is 7.05 Å². The number of carbonyl (C=O) groups excluding carboxylic acids is 1. The molecule has 0 aromatic heterocycles. The maximum Gasteiger partial charge on any atom is 0.325 e.